The van der Waals surface area contributed by atoms with Crippen LogP contribution in [0.25, 0.3) is 0 Å². The van der Waals surface area contributed by atoms with E-state index in [2.05, 4.69) is 118 Å². The molecule has 0 fully saturated rings. The van der Waals surface area contributed by atoms with Crippen LogP contribution in [0.15, 0.2) is 97.2 Å². The SMILES string of the molecule is CC/C=C\C/C=C\C/C=C\C/C=C\C/C=C\C/C=C\C/C=C\CCCCCCCCCC(=O)OCC(COC(=O)CCCCCCC)OC(=O)CCCCCCCCCCC/C=C\CCCCCCCCCC. The summed E-state index contributed by atoms with van der Waals surface area (Å²) < 4.78 is 16.7. The van der Waals surface area contributed by atoms with Gasteiger partial charge in [0.25, 0.3) is 0 Å². The lowest BCUT2D eigenvalue weighted by Gasteiger charge is -2.18. The fourth-order valence-electron chi connectivity index (χ4n) is 8.48. The molecule has 6 nitrogen and oxygen atoms in total. The highest BCUT2D eigenvalue weighted by molar-refractivity contribution is 5.71. The molecule has 0 heterocycles. The van der Waals surface area contributed by atoms with E-state index in [1.807, 2.05) is 0 Å². The first kappa shape index (κ1) is 69.3. The summed E-state index contributed by atoms with van der Waals surface area (Å²) in [4.78, 5) is 37.9. The molecular formula is C67H114O6. The first-order valence-electron chi connectivity index (χ1n) is 30.7. The largest absolute Gasteiger partial charge is 0.462 e. The molecular weight excluding hydrogens is 901 g/mol. The molecule has 0 saturated heterocycles. The molecule has 0 saturated carbocycles. The van der Waals surface area contributed by atoms with Gasteiger partial charge in [-0.15, -0.1) is 0 Å². The summed E-state index contributed by atoms with van der Waals surface area (Å²) in [6.45, 7) is 6.45. The minimum atomic E-state index is -0.780. The van der Waals surface area contributed by atoms with Crippen LogP contribution in [0.1, 0.15) is 290 Å². The van der Waals surface area contributed by atoms with Crippen LogP contribution in [0.3, 0.4) is 0 Å². The highest BCUT2D eigenvalue weighted by atomic mass is 16.6. The molecule has 0 radical (unpaired) electrons. The summed E-state index contributed by atoms with van der Waals surface area (Å²) in [6.07, 6.45) is 81.7. The number of hydrogen-bond donors (Lipinski definition) is 0. The Labute approximate surface area is 451 Å². The van der Waals surface area contributed by atoms with E-state index in [1.54, 1.807) is 0 Å². The molecule has 0 bridgehead atoms. The molecule has 0 aliphatic heterocycles. The first-order valence-corrected chi connectivity index (χ1v) is 30.7. The van der Waals surface area contributed by atoms with Gasteiger partial charge in [0, 0.05) is 19.3 Å². The van der Waals surface area contributed by atoms with Crippen LogP contribution >= 0.6 is 0 Å². The van der Waals surface area contributed by atoms with Crippen LogP contribution in [0.4, 0.5) is 0 Å². The maximum Gasteiger partial charge on any atom is 0.306 e. The van der Waals surface area contributed by atoms with Crippen molar-refractivity contribution < 1.29 is 28.6 Å². The number of carbonyl (C=O) groups excluding carboxylic acids is 3. The van der Waals surface area contributed by atoms with Crippen LogP contribution in [-0.2, 0) is 28.6 Å². The third kappa shape index (κ3) is 59.1. The fraction of sp³-hybridized carbons (Fsp3) is 0.716. The van der Waals surface area contributed by atoms with Crippen LogP contribution in [-0.4, -0.2) is 37.2 Å². The fourth-order valence-corrected chi connectivity index (χ4v) is 8.48. The third-order valence-corrected chi connectivity index (χ3v) is 13.1. The monoisotopic (exact) mass is 1010 g/mol. The molecule has 6 heteroatoms. The van der Waals surface area contributed by atoms with Gasteiger partial charge in [-0.1, -0.05) is 266 Å². The molecule has 0 amide bonds. The van der Waals surface area contributed by atoms with Gasteiger partial charge >= 0.3 is 17.9 Å². The minimum Gasteiger partial charge on any atom is -0.462 e. The molecule has 418 valence electrons. The summed E-state index contributed by atoms with van der Waals surface area (Å²) in [5.41, 5.74) is 0. The third-order valence-electron chi connectivity index (χ3n) is 13.1. The zero-order valence-corrected chi connectivity index (χ0v) is 47.9. The second kappa shape index (κ2) is 60.9. The maximum absolute atomic E-state index is 12.8. The van der Waals surface area contributed by atoms with Crippen LogP contribution in [0.5, 0.6) is 0 Å². The van der Waals surface area contributed by atoms with Gasteiger partial charge < -0.3 is 14.2 Å². The lowest BCUT2D eigenvalue weighted by Crippen LogP contribution is -2.30. The molecule has 0 rings (SSSR count). The Bertz CT molecular complexity index is 1440. The summed E-state index contributed by atoms with van der Waals surface area (Å²) in [5.74, 6) is -0.904. The second-order valence-corrected chi connectivity index (χ2v) is 20.2. The predicted molar refractivity (Wildman–Crippen MR) is 316 cm³/mol. The molecule has 0 aliphatic carbocycles. The zero-order chi connectivity index (χ0) is 52.9. The predicted octanol–water partition coefficient (Wildman–Crippen LogP) is 20.9. The zero-order valence-electron chi connectivity index (χ0n) is 47.9. The average molecular weight is 1020 g/mol. The first-order chi connectivity index (χ1) is 36.0. The quantitative estimate of drug-likeness (QED) is 0.0261. The van der Waals surface area contributed by atoms with Crippen LogP contribution < -0.4 is 0 Å². The van der Waals surface area contributed by atoms with Crippen molar-refractivity contribution >= 4 is 17.9 Å². The molecule has 73 heavy (non-hydrogen) atoms. The number of hydrogen-bond acceptors (Lipinski definition) is 6. The van der Waals surface area contributed by atoms with E-state index in [0.717, 1.165) is 116 Å². The standard InChI is InChI=1S/C67H114O6/c1-4-7-10-13-15-17-19-21-23-25-27-29-30-31-32-33-34-35-36-38-39-41-43-45-47-49-51-54-57-60-66(69)72-63-64(62-71-65(68)59-56-53-12-9-6-3)73-67(70)61-58-55-52-50-48-46-44-42-40-37-28-26-24-22-20-18-16-14-11-8-5-2/h7,10,15,17,21,23,26-29,31-32,34-35,38-39,64H,4-6,8-9,11-14,16,18-20,22,24-25,30,33,36-37,40-63H2,1-3H3/b10-7-,17-15-,23-21-,28-26-,29-27-,32-31-,35-34-,39-38-. The van der Waals surface area contributed by atoms with Gasteiger partial charge in [-0.05, 0) is 103 Å². The topological polar surface area (TPSA) is 78.9 Å². The molecule has 0 spiro atoms. The van der Waals surface area contributed by atoms with Crippen LogP contribution in [0.2, 0.25) is 0 Å². The van der Waals surface area contributed by atoms with E-state index >= 15 is 0 Å². The van der Waals surface area contributed by atoms with E-state index in [0.29, 0.717) is 19.3 Å². The van der Waals surface area contributed by atoms with E-state index in [-0.39, 0.29) is 31.1 Å². The highest BCUT2D eigenvalue weighted by Crippen LogP contribution is 2.15. The summed E-state index contributed by atoms with van der Waals surface area (Å²) in [7, 11) is 0. The number of carbonyl (C=O) groups is 3. The van der Waals surface area contributed by atoms with Gasteiger partial charge in [-0.3, -0.25) is 14.4 Å². The van der Waals surface area contributed by atoms with Crippen molar-refractivity contribution in [3.63, 3.8) is 0 Å². The Morgan fingerprint density at radius 3 is 0.849 bits per heavy atom. The summed E-state index contributed by atoms with van der Waals surface area (Å²) in [6, 6.07) is 0. The Hall–Kier alpha value is -3.67. The van der Waals surface area contributed by atoms with Crippen LogP contribution in [0, 0.1) is 0 Å². The Morgan fingerprint density at radius 2 is 0.534 bits per heavy atom. The van der Waals surface area contributed by atoms with Crippen molar-refractivity contribution in [3.05, 3.63) is 97.2 Å². The maximum atomic E-state index is 12.8. The van der Waals surface area contributed by atoms with Gasteiger partial charge in [0.2, 0.25) is 0 Å². The van der Waals surface area contributed by atoms with Crippen molar-refractivity contribution in [2.45, 2.75) is 297 Å². The smallest absolute Gasteiger partial charge is 0.306 e. The Morgan fingerprint density at radius 1 is 0.288 bits per heavy atom. The van der Waals surface area contributed by atoms with E-state index < -0.39 is 6.10 Å². The number of unbranched alkanes of at least 4 members (excludes halogenated alkanes) is 28. The van der Waals surface area contributed by atoms with Gasteiger partial charge in [0.1, 0.15) is 13.2 Å². The van der Waals surface area contributed by atoms with Gasteiger partial charge in [0.05, 0.1) is 0 Å². The minimum absolute atomic E-state index is 0.0817. The molecule has 0 aromatic carbocycles. The Balaban J connectivity index is 4.11. The van der Waals surface area contributed by atoms with Crippen molar-refractivity contribution in [2.24, 2.45) is 0 Å². The number of esters is 3. The van der Waals surface area contributed by atoms with Crippen molar-refractivity contribution in [2.75, 3.05) is 13.2 Å². The summed E-state index contributed by atoms with van der Waals surface area (Å²) in [5, 5.41) is 0. The van der Waals surface area contributed by atoms with Crippen molar-refractivity contribution in [1.82, 2.24) is 0 Å². The molecule has 0 aromatic rings. The second-order valence-electron chi connectivity index (χ2n) is 20.2. The molecule has 0 aliphatic rings. The molecule has 0 aromatic heterocycles. The van der Waals surface area contributed by atoms with E-state index in [9.17, 15) is 14.4 Å². The highest BCUT2D eigenvalue weighted by Gasteiger charge is 2.19. The number of rotatable bonds is 55. The lowest BCUT2D eigenvalue weighted by atomic mass is 10.1. The number of ether oxygens (including phenoxy) is 3. The van der Waals surface area contributed by atoms with E-state index in [4.69, 9.17) is 14.2 Å². The summed E-state index contributed by atoms with van der Waals surface area (Å²) >= 11 is 0. The normalized spacial score (nSPS) is 12.8. The van der Waals surface area contributed by atoms with Gasteiger partial charge in [-0.2, -0.15) is 0 Å². The van der Waals surface area contributed by atoms with Crippen molar-refractivity contribution in [1.29, 1.82) is 0 Å². The van der Waals surface area contributed by atoms with Crippen molar-refractivity contribution in [3.8, 4) is 0 Å². The molecule has 0 N–H and O–H groups in total. The van der Waals surface area contributed by atoms with Gasteiger partial charge in [0.15, 0.2) is 6.10 Å². The van der Waals surface area contributed by atoms with E-state index in [1.165, 1.54) is 135 Å². The lowest BCUT2D eigenvalue weighted by molar-refractivity contribution is -0.167. The molecule has 1 atom stereocenters. The average Bonchev–Trinajstić information content (AvgIpc) is 3.39. The Kier molecular flexibility index (Phi) is 57.8. The number of allylic oxidation sites excluding steroid dienone is 16. The van der Waals surface area contributed by atoms with Gasteiger partial charge in [-0.25, -0.2) is 0 Å². The molecule has 1 unspecified atom stereocenters.